The molecule has 1 heterocycles. The van der Waals surface area contributed by atoms with Gasteiger partial charge in [0, 0.05) is 18.1 Å². The largest absolute Gasteiger partial charge is 0.305 e. The fourth-order valence-corrected chi connectivity index (χ4v) is 0.789. The van der Waals surface area contributed by atoms with Crippen LogP contribution in [0.3, 0.4) is 0 Å². The van der Waals surface area contributed by atoms with E-state index in [0.717, 1.165) is 11.5 Å². The van der Waals surface area contributed by atoms with Crippen molar-refractivity contribution in [3.05, 3.63) is 31.4 Å². The van der Waals surface area contributed by atoms with E-state index in [-0.39, 0.29) is 0 Å². The molecule has 12 heavy (non-hydrogen) atoms. The highest BCUT2D eigenvalue weighted by atomic mass is 15.1. The number of allylic oxidation sites excluding steroid dienone is 1. The highest BCUT2D eigenvalue weighted by Gasteiger charge is 1.95. The molecule has 1 rings (SSSR count). The number of aromatic nitrogens is 2. The lowest BCUT2D eigenvalue weighted by molar-refractivity contribution is 1.06. The Balaban J connectivity index is 0.000000561. The lowest BCUT2D eigenvalue weighted by Crippen LogP contribution is -1.92. The van der Waals surface area contributed by atoms with Crippen LogP contribution < -0.4 is 0 Å². The zero-order valence-corrected chi connectivity index (χ0v) is 8.04. The molecule has 0 aliphatic rings. The van der Waals surface area contributed by atoms with Crippen molar-refractivity contribution >= 4 is 11.8 Å². The average Bonchev–Trinajstić information content (AvgIpc) is 2.55. The minimum absolute atomic E-state index is 0.840. The van der Waals surface area contributed by atoms with Crippen LogP contribution in [0.4, 0.5) is 0 Å². The maximum Gasteiger partial charge on any atom is 0.136 e. The molecule has 2 heteroatoms. The summed E-state index contributed by atoms with van der Waals surface area (Å²) in [6.45, 7) is 13.3. The van der Waals surface area contributed by atoms with Crippen molar-refractivity contribution in [1.29, 1.82) is 0 Å². The van der Waals surface area contributed by atoms with Gasteiger partial charge in [-0.3, -0.25) is 0 Å². The Morgan fingerprint density at radius 3 is 2.50 bits per heavy atom. The third-order valence-corrected chi connectivity index (χ3v) is 1.26. The predicted molar refractivity (Wildman–Crippen MR) is 54.7 cm³/mol. The van der Waals surface area contributed by atoms with Crippen LogP contribution in [0.1, 0.15) is 26.6 Å². The summed E-state index contributed by atoms with van der Waals surface area (Å²) in [6, 6.07) is 0. The lowest BCUT2D eigenvalue weighted by Gasteiger charge is -2.00. The number of hydrogen-bond acceptors (Lipinski definition) is 1. The molecule has 0 spiro atoms. The Labute approximate surface area is 74.3 Å². The molecule has 1 aromatic heterocycles. The second kappa shape index (κ2) is 5.35. The van der Waals surface area contributed by atoms with E-state index in [1.165, 1.54) is 0 Å². The zero-order valence-electron chi connectivity index (χ0n) is 8.04. The van der Waals surface area contributed by atoms with Gasteiger partial charge in [0.1, 0.15) is 5.82 Å². The highest BCUT2D eigenvalue weighted by molar-refractivity contribution is 5.48. The van der Waals surface area contributed by atoms with E-state index >= 15 is 0 Å². The Hall–Kier alpha value is -1.31. The number of imidazole rings is 1. The maximum absolute atomic E-state index is 4.04. The lowest BCUT2D eigenvalue weighted by atomic mass is 10.5. The van der Waals surface area contributed by atoms with Gasteiger partial charge in [0.25, 0.3) is 0 Å². The molecule has 0 N–H and O–H groups in total. The molecule has 0 atom stereocenters. The van der Waals surface area contributed by atoms with E-state index in [1.54, 1.807) is 12.3 Å². The number of nitrogens with zero attached hydrogens (tertiary/aromatic N) is 2. The van der Waals surface area contributed by atoms with E-state index in [1.807, 2.05) is 31.5 Å². The highest BCUT2D eigenvalue weighted by Crippen LogP contribution is 2.05. The first kappa shape index (κ1) is 10.7. The summed E-state index contributed by atoms with van der Waals surface area (Å²) < 4.78 is 1.88. The molecule has 0 saturated heterocycles. The SMILES string of the molecule is C=Cc1nccn1C(=C)C.CC. The molecule has 2 nitrogen and oxygen atoms in total. The molecule has 0 radical (unpaired) electrons. The molecule has 66 valence electrons. The van der Waals surface area contributed by atoms with Crippen molar-refractivity contribution in [2.75, 3.05) is 0 Å². The van der Waals surface area contributed by atoms with Crippen LogP contribution in [0, 0.1) is 0 Å². The van der Waals surface area contributed by atoms with Crippen molar-refractivity contribution in [3.63, 3.8) is 0 Å². The minimum Gasteiger partial charge on any atom is -0.305 e. The van der Waals surface area contributed by atoms with Gasteiger partial charge in [-0.1, -0.05) is 27.0 Å². The van der Waals surface area contributed by atoms with Gasteiger partial charge in [-0.2, -0.15) is 0 Å². The van der Waals surface area contributed by atoms with Gasteiger partial charge in [-0.15, -0.1) is 0 Å². The van der Waals surface area contributed by atoms with Gasteiger partial charge in [-0.25, -0.2) is 4.98 Å². The Morgan fingerprint density at radius 1 is 1.58 bits per heavy atom. The van der Waals surface area contributed by atoms with Gasteiger partial charge in [0.05, 0.1) is 0 Å². The van der Waals surface area contributed by atoms with E-state index in [2.05, 4.69) is 18.1 Å². The third kappa shape index (κ3) is 2.38. The molecule has 0 aliphatic heterocycles. The summed E-state index contributed by atoms with van der Waals surface area (Å²) in [4.78, 5) is 4.04. The quantitative estimate of drug-likeness (QED) is 0.657. The van der Waals surface area contributed by atoms with Crippen LogP contribution in [0.15, 0.2) is 25.6 Å². The molecule has 0 bridgehead atoms. The van der Waals surface area contributed by atoms with Crippen molar-refractivity contribution in [2.45, 2.75) is 20.8 Å². The predicted octanol–water partition coefficient (Wildman–Crippen LogP) is 3.04. The standard InChI is InChI=1S/C8H10N2.C2H6/c1-4-8-9-5-6-10(8)7(2)3;1-2/h4-6H,1-2H2,3H3;1-2H3. The fraction of sp³-hybridized carbons (Fsp3) is 0.300. The van der Waals surface area contributed by atoms with Gasteiger partial charge in [-0.05, 0) is 13.0 Å². The minimum atomic E-state index is 0.840. The first-order valence-electron chi connectivity index (χ1n) is 4.07. The first-order valence-corrected chi connectivity index (χ1v) is 4.07. The summed E-state index contributed by atoms with van der Waals surface area (Å²) in [7, 11) is 0. The summed E-state index contributed by atoms with van der Waals surface area (Å²) in [6.07, 6.45) is 5.29. The zero-order chi connectivity index (χ0) is 9.56. The molecule has 0 unspecified atom stereocenters. The summed E-state index contributed by atoms with van der Waals surface area (Å²) in [5, 5.41) is 0. The Morgan fingerprint density at radius 2 is 2.17 bits per heavy atom. The third-order valence-electron chi connectivity index (χ3n) is 1.26. The molecule has 0 saturated carbocycles. The van der Waals surface area contributed by atoms with Crippen molar-refractivity contribution in [1.82, 2.24) is 9.55 Å². The van der Waals surface area contributed by atoms with Crippen LogP contribution >= 0.6 is 0 Å². The van der Waals surface area contributed by atoms with E-state index in [4.69, 9.17) is 0 Å². The van der Waals surface area contributed by atoms with Gasteiger partial charge < -0.3 is 4.57 Å². The van der Waals surface area contributed by atoms with E-state index in [0.29, 0.717) is 0 Å². The van der Waals surface area contributed by atoms with Crippen LogP contribution in [0.25, 0.3) is 11.8 Å². The smallest absolute Gasteiger partial charge is 0.136 e. The monoisotopic (exact) mass is 164 g/mol. The summed E-state index contributed by atoms with van der Waals surface area (Å²) in [5.41, 5.74) is 0.951. The molecule has 0 amide bonds. The number of hydrogen-bond donors (Lipinski definition) is 0. The van der Waals surface area contributed by atoms with Gasteiger partial charge >= 0.3 is 0 Å². The fourth-order valence-electron chi connectivity index (χ4n) is 0.789. The van der Waals surface area contributed by atoms with Crippen molar-refractivity contribution < 1.29 is 0 Å². The van der Waals surface area contributed by atoms with Gasteiger partial charge in [0.2, 0.25) is 0 Å². The first-order chi connectivity index (χ1) is 5.75. The molecule has 0 fully saturated rings. The van der Waals surface area contributed by atoms with Crippen LogP contribution in [0.5, 0.6) is 0 Å². The maximum atomic E-state index is 4.04. The van der Waals surface area contributed by atoms with Crippen molar-refractivity contribution in [2.24, 2.45) is 0 Å². The number of rotatable bonds is 2. The van der Waals surface area contributed by atoms with Crippen LogP contribution in [-0.2, 0) is 0 Å². The molecule has 0 aromatic carbocycles. The second-order valence-electron chi connectivity index (χ2n) is 2.09. The molecule has 1 aromatic rings. The molecular formula is C10H16N2. The molecular weight excluding hydrogens is 148 g/mol. The van der Waals surface area contributed by atoms with Crippen LogP contribution in [-0.4, -0.2) is 9.55 Å². The van der Waals surface area contributed by atoms with Gasteiger partial charge in [0.15, 0.2) is 0 Å². The average molecular weight is 164 g/mol. The molecule has 0 aliphatic carbocycles. The van der Waals surface area contributed by atoms with E-state index < -0.39 is 0 Å². The topological polar surface area (TPSA) is 17.8 Å². The Kier molecular flexibility index (Phi) is 4.77. The van der Waals surface area contributed by atoms with Crippen LogP contribution in [0.2, 0.25) is 0 Å². The normalized spacial score (nSPS) is 8.25. The van der Waals surface area contributed by atoms with Crippen molar-refractivity contribution in [3.8, 4) is 0 Å². The second-order valence-corrected chi connectivity index (χ2v) is 2.09. The summed E-state index contributed by atoms with van der Waals surface area (Å²) in [5.74, 6) is 0.840. The Bertz CT molecular complexity index is 259. The van der Waals surface area contributed by atoms with E-state index in [9.17, 15) is 0 Å². The summed E-state index contributed by atoms with van der Waals surface area (Å²) >= 11 is 0.